The minimum absolute atomic E-state index is 0.165. The fourth-order valence-corrected chi connectivity index (χ4v) is 4.02. The molecule has 0 aliphatic carbocycles. The van der Waals surface area contributed by atoms with Gasteiger partial charge in [-0.2, -0.15) is 5.10 Å². The number of aromatic nitrogens is 2. The van der Waals surface area contributed by atoms with E-state index in [1.807, 2.05) is 12.3 Å². The summed E-state index contributed by atoms with van der Waals surface area (Å²) in [4.78, 5) is 0. The summed E-state index contributed by atoms with van der Waals surface area (Å²) >= 11 is 0. The Morgan fingerprint density at radius 1 is 1.09 bits per heavy atom. The van der Waals surface area contributed by atoms with Gasteiger partial charge in [-0.05, 0) is 46.1 Å². The Bertz CT molecular complexity index is 626. The van der Waals surface area contributed by atoms with E-state index < -0.39 is 0 Å². The second-order valence-corrected chi connectivity index (χ2v) is 8.02. The van der Waals surface area contributed by atoms with Crippen molar-refractivity contribution in [2.45, 2.75) is 64.2 Å². The summed E-state index contributed by atoms with van der Waals surface area (Å²) in [6.07, 6.45) is 4.20. The largest absolute Gasteiger partial charge is 0.310 e. The van der Waals surface area contributed by atoms with Gasteiger partial charge in [0.1, 0.15) is 0 Å². The van der Waals surface area contributed by atoms with Crippen LogP contribution in [0.15, 0.2) is 36.5 Å². The van der Waals surface area contributed by atoms with Crippen molar-refractivity contribution in [1.29, 1.82) is 0 Å². The monoisotopic (exact) mass is 312 g/mol. The molecular formula is C19H28N4. The van der Waals surface area contributed by atoms with Crippen molar-refractivity contribution in [1.82, 2.24) is 20.8 Å². The van der Waals surface area contributed by atoms with Crippen LogP contribution in [0.25, 0.3) is 11.3 Å². The van der Waals surface area contributed by atoms with E-state index >= 15 is 0 Å². The van der Waals surface area contributed by atoms with Crippen molar-refractivity contribution >= 4 is 0 Å². The zero-order chi connectivity index (χ0) is 16.5. The van der Waals surface area contributed by atoms with E-state index in [0.717, 1.165) is 25.1 Å². The van der Waals surface area contributed by atoms with Crippen LogP contribution in [0.5, 0.6) is 0 Å². The molecule has 2 heterocycles. The van der Waals surface area contributed by atoms with Gasteiger partial charge in [0.2, 0.25) is 0 Å². The maximum absolute atomic E-state index is 4.24. The molecule has 1 aromatic heterocycles. The number of rotatable bonds is 4. The molecule has 2 aromatic rings. The predicted octanol–water partition coefficient (Wildman–Crippen LogP) is 3.48. The Hall–Kier alpha value is -1.65. The Balaban J connectivity index is 1.69. The lowest BCUT2D eigenvalue weighted by molar-refractivity contribution is 0.145. The maximum Gasteiger partial charge on any atom is 0.0695 e. The van der Waals surface area contributed by atoms with Gasteiger partial charge in [0, 0.05) is 29.2 Å². The number of aromatic amines is 1. The standard InChI is InChI=1S/C19H28N4/c1-18(2)10-16(11-19(3,4)23-18)20-12-15-13-21-22-17(15)14-8-6-5-7-9-14/h5-9,13,16,20,23H,10-12H2,1-4H3,(H,21,22). The summed E-state index contributed by atoms with van der Waals surface area (Å²) in [6, 6.07) is 10.9. The smallest absolute Gasteiger partial charge is 0.0695 e. The molecule has 23 heavy (non-hydrogen) atoms. The van der Waals surface area contributed by atoms with Crippen molar-refractivity contribution in [2.75, 3.05) is 0 Å². The average Bonchev–Trinajstić information content (AvgIpc) is 2.91. The number of nitrogens with one attached hydrogen (secondary N) is 3. The highest BCUT2D eigenvalue weighted by molar-refractivity contribution is 5.62. The molecule has 1 saturated heterocycles. The van der Waals surface area contributed by atoms with Crippen LogP contribution < -0.4 is 10.6 Å². The van der Waals surface area contributed by atoms with E-state index in [1.54, 1.807) is 0 Å². The second kappa shape index (κ2) is 6.10. The van der Waals surface area contributed by atoms with Crippen LogP contribution in [0.1, 0.15) is 46.1 Å². The van der Waals surface area contributed by atoms with Gasteiger partial charge in [-0.15, -0.1) is 0 Å². The lowest BCUT2D eigenvalue weighted by Gasteiger charge is -2.46. The van der Waals surface area contributed by atoms with Crippen LogP contribution in [-0.2, 0) is 6.54 Å². The predicted molar refractivity (Wildman–Crippen MR) is 95.2 cm³/mol. The summed E-state index contributed by atoms with van der Waals surface area (Å²) < 4.78 is 0. The first kappa shape index (κ1) is 16.2. The summed E-state index contributed by atoms with van der Waals surface area (Å²) in [5.74, 6) is 0. The van der Waals surface area contributed by atoms with Gasteiger partial charge in [0.05, 0.1) is 11.9 Å². The minimum Gasteiger partial charge on any atom is -0.310 e. The van der Waals surface area contributed by atoms with Crippen LogP contribution in [0.2, 0.25) is 0 Å². The molecule has 0 amide bonds. The van der Waals surface area contributed by atoms with E-state index in [2.05, 4.69) is 72.8 Å². The zero-order valence-electron chi connectivity index (χ0n) is 14.6. The summed E-state index contributed by atoms with van der Waals surface area (Å²) in [6.45, 7) is 9.99. The number of piperidine rings is 1. The number of hydrogen-bond donors (Lipinski definition) is 3. The molecule has 0 atom stereocenters. The first-order valence-electron chi connectivity index (χ1n) is 8.45. The third kappa shape index (κ3) is 4.01. The summed E-state index contributed by atoms with van der Waals surface area (Å²) in [7, 11) is 0. The molecule has 0 spiro atoms. The molecule has 0 saturated carbocycles. The van der Waals surface area contributed by atoms with E-state index in [-0.39, 0.29) is 11.1 Å². The summed E-state index contributed by atoms with van der Waals surface area (Å²) in [5.41, 5.74) is 3.86. The Morgan fingerprint density at radius 2 is 1.74 bits per heavy atom. The first-order chi connectivity index (χ1) is 10.8. The van der Waals surface area contributed by atoms with Crippen LogP contribution >= 0.6 is 0 Å². The minimum atomic E-state index is 0.165. The SMILES string of the molecule is CC1(C)CC(NCc2cn[nH]c2-c2ccccc2)CC(C)(C)N1. The molecule has 4 heteroatoms. The zero-order valence-corrected chi connectivity index (χ0v) is 14.6. The van der Waals surface area contributed by atoms with Gasteiger partial charge in [-0.1, -0.05) is 30.3 Å². The normalized spacial score (nSPS) is 20.5. The molecule has 3 rings (SSSR count). The molecule has 124 valence electrons. The number of H-pyrrole nitrogens is 1. The van der Waals surface area contributed by atoms with Gasteiger partial charge in [-0.25, -0.2) is 0 Å². The van der Waals surface area contributed by atoms with Crippen LogP contribution in [0, 0.1) is 0 Å². The van der Waals surface area contributed by atoms with Crippen molar-refractivity contribution < 1.29 is 0 Å². The van der Waals surface area contributed by atoms with E-state index in [4.69, 9.17) is 0 Å². The average molecular weight is 312 g/mol. The molecule has 1 aliphatic rings. The molecular weight excluding hydrogens is 284 g/mol. The molecule has 3 N–H and O–H groups in total. The molecule has 0 bridgehead atoms. The number of benzene rings is 1. The molecule has 1 aromatic carbocycles. The molecule has 0 radical (unpaired) electrons. The summed E-state index contributed by atoms with van der Waals surface area (Å²) in [5, 5.41) is 14.9. The maximum atomic E-state index is 4.24. The van der Waals surface area contributed by atoms with Gasteiger partial charge >= 0.3 is 0 Å². The van der Waals surface area contributed by atoms with E-state index in [0.29, 0.717) is 6.04 Å². The van der Waals surface area contributed by atoms with Crippen molar-refractivity contribution in [3.05, 3.63) is 42.1 Å². The lowest BCUT2D eigenvalue weighted by Crippen LogP contribution is -2.61. The van der Waals surface area contributed by atoms with Crippen molar-refractivity contribution in [3.8, 4) is 11.3 Å². The third-order valence-electron chi connectivity index (χ3n) is 4.55. The molecule has 4 nitrogen and oxygen atoms in total. The highest BCUT2D eigenvalue weighted by Gasteiger charge is 2.37. The highest BCUT2D eigenvalue weighted by Crippen LogP contribution is 2.29. The Morgan fingerprint density at radius 3 is 2.39 bits per heavy atom. The third-order valence-corrected chi connectivity index (χ3v) is 4.55. The molecule has 0 unspecified atom stereocenters. The van der Waals surface area contributed by atoms with E-state index in [1.165, 1.54) is 11.1 Å². The Labute approximate surface area is 139 Å². The van der Waals surface area contributed by atoms with Gasteiger partial charge in [0.25, 0.3) is 0 Å². The van der Waals surface area contributed by atoms with Crippen molar-refractivity contribution in [3.63, 3.8) is 0 Å². The molecule has 1 fully saturated rings. The van der Waals surface area contributed by atoms with Crippen LogP contribution in [-0.4, -0.2) is 27.3 Å². The fourth-order valence-electron chi connectivity index (χ4n) is 4.02. The molecule has 1 aliphatic heterocycles. The highest BCUT2D eigenvalue weighted by atomic mass is 15.1. The Kier molecular flexibility index (Phi) is 4.30. The quantitative estimate of drug-likeness (QED) is 0.810. The number of hydrogen-bond acceptors (Lipinski definition) is 3. The van der Waals surface area contributed by atoms with E-state index in [9.17, 15) is 0 Å². The second-order valence-electron chi connectivity index (χ2n) is 8.02. The van der Waals surface area contributed by atoms with Gasteiger partial charge < -0.3 is 10.6 Å². The lowest BCUT2D eigenvalue weighted by atomic mass is 9.79. The first-order valence-corrected chi connectivity index (χ1v) is 8.45. The van der Waals surface area contributed by atoms with Gasteiger partial charge in [-0.3, -0.25) is 5.10 Å². The topological polar surface area (TPSA) is 52.7 Å². The van der Waals surface area contributed by atoms with Crippen molar-refractivity contribution in [2.24, 2.45) is 0 Å². The van der Waals surface area contributed by atoms with Crippen LogP contribution in [0.4, 0.5) is 0 Å². The van der Waals surface area contributed by atoms with Crippen LogP contribution in [0.3, 0.4) is 0 Å². The number of nitrogens with zero attached hydrogens (tertiary/aromatic N) is 1. The van der Waals surface area contributed by atoms with Gasteiger partial charge in [0.15, 0.2) is 0 Å². The fraction of sp³-hybridized carbons (Fsp3) is 0.526.